The molecule has 0 N–H and O–H groups in total. The molecule has 2 atom stereocenters. The summed E-state index contributed by atoms with van der Waals surface area (Å²) >= 11 is 0. The first-order chi connectivity index (χ1) is 5.55. The van der Waals surface area contributed by atoms with Crippen LogP contribution in [-0.2, 0) is 10.1 Å². The minimum absolute atomic E-state index is 0. The van der Waals surface area contributed by atoms with E-state index in [1.54, 1.807) is 0 Å². The predicted octanol–water partition coefficient (Wildman–Crippen LogP) is -2.23. The van der Waals surface area contributed by atoms with E-state index >= 15 is 0 Å². The Kier molecular flexibility index (Phi) is 5.28. The van der Waals surface area contributed by atoms with Crippen molar-refractivity contribution in [3.63, 3.8) is 0 Å². The predicted molar refractivity (Wildman–Crippen MR) is 40.3 cm³/mol. The summed E-state index contributed by atoms with van der Waals surface area (Å²) in [5.41, 5.74) is 8.07. The quantitative estimate of drug-likeness (QED) is 0.170. The Morgan fingerprint density at radius 2 is 2.08 bits per heavy atom. The maximum atomic E-state index is 10.6. The molecule has 0 saturated heterocycles. The molecule has 68 valence electrons. The second-order valence-electron chi connectivity index (χ2n) is 2.73. The van der Waals surface area contributed by atoms with Gasteiger partial charge < -0.3 is 4.55 Å². The zero-order chi connectivity index (χ0) is 9.19. The van der Waals surface area contributed by atoms with Crippen LogP contribution in [0, 0.1) is 0 Å². The molecule has 0 spiro atoms. The molecule has 1 aliphatic rings. The van der Waals surface area contributed by atoms with Gasteiger partial charge in [-0.2, -0.15) is 0 Å². The summed E-state index contributed by atoms with van der Waals surface area (Å²) in [4.78, 5) is 2.50. The van der Waals surface area contributed by atoms with Crippen molar-refractivity contribution >= 4 is 10.1 Å². The molecule has 1 rings (SSSR count). The average Bonchev–Trinajstić information content (AvgIpc) is 2.34. The first-order valence-corrected chi connectivity index (χ1v) is 5.02. The van der Waals surface area contributed by atoms with Crippen LogP contribution in [0.2, 0.25) is 0 Å². The molecule has 6 nitrogen and oxygen atoms in total. The van der Waals surface area contributed by atoms with E-state index in [-0.39, 0.29) is 29.6 Å². The largest absolute Gasteiger partial charge is 1.00 e. The number of rotatable bonds is 2. The number of hydrogen-bond acceptors (Lipinski definition) is 4. The van der Waals surface area contributed by atoms with Crippen molar-refractivity contribution in [3.05, 3.63) is 10.4 Å². The molecule has 1 aliphatic carbocycles. The summed E-state index contributed by atoms with van der Waals surface area (Å²) < 4.78 is 31.7. The molecule has 0 radical (unpaired) electrons. The third kappa shape index (κ3) is 3.46. The van der Waals surface area contributed by atoms with Gasteiger partial charge in [0, 0.05) is 4.91 Å². The van der Waals surface area contributed by atoms with Gasteiger partial charge in [-0.05, 0) is 18.4 Å². The monoisotopic (exact) mass is 213 g/mol. The molecule has 0 unspecified atom stereocenters. The summed E-state index contributed by atoms with van der Waals surface area (Å²) in [6.07, 6.45) is 1.45. The summed E-state index contributed by atoms with van der Waals surface area (Å²) in [6, 6.07) is -0.655. The number of azide groups is 1. The second-order valence-corrected chi connectivity index (χ2v) is 4.33. The van der Waals surface area contributed by atoms with Crippen LogP contribution < -0.4 is 29.6 Å². The van der Waals surface area contributed by atoms with Crippen LogP contribution in [0.1, 0.15) is 19.3 Å². The molecular weight excluding hydrogens is 205 g/mol. The summed E-state index contributed by atoms with van der Waals surface area (Å²) in [6.45, 7) is 0. The van der Waals surface area contributed by atoms with Gasteiger partial charge in [0.05, 0.1) is 21.4 Å². The molecule has 1 fully saturated rings. The van der Waals surface area contributed by atoms with Crippen molar-refractivity contribution < 1.29 is 42.5 Å². The van der Waals surface area contributed by atoms with E-state index in [0.29, 0.717) is 19.3 Å². The van der Waals surface area contributed by atoms with Crippen molar-refractivity contribution in [2.24, 2.45) is 5.11 Å². The van der Waals surface area contributed by atoms with E-state index in [1.165, 1.54) is 0 Å². The van der Waals surface area contributed by atoms with Crippen molar-refractivity contribution in [3.8, 4) is 0 Å². The van der Waals surface area contributed by atoms with Gasteiger partial charge in [-0.25, -0.2) is 8.42 Å². The SMILES string of the molecule is [N-]=[N+]=N[C@H]1CCC[C@@H]1S(=O)(=O)[O-].[Na+]. The molecule has 0 heterocycles. The van der Waals surface area contributed by atoms with Crippen LogP contribution in [0.4, 0.5) is 0 Å². The molecule has 0 aromatic carbocycles. The molecular formula is C5H8N3NaO3S. The average molecular weight is 213 g/mol. The van der Waals surface area contributed by atoms with Crippen LogP contribution in [0.25, 0.3) is 10.4 Å². The fraction of sp³-hybridized carbons (Fsp3) is 1.00. The third-order valence-corrected chi connectivity index (χ3v) is 3.28. The zero-order valence-corrected chi connectivity index (χ0v) is 10.1. The third-order valence-electron chi connectivity index (χ3n) is 1.99. The van der Waals surface area contributed by atoms with Crippen molar-refractivity contribution in [2.45, 2.75) is 30.6 Å². The van der Waals surface area contributed by atoms with E-state index in [0.717, 1.165) is 0 Å². The number of hydrogen-bond donors (Lipinski definition) is 0. The topological polar surface area (TPSA) is 106 Å². The molecule has 8 heteroatoms. The Hall–Kier alpha value is 0.220. The molecule has 0 bridgehead atoms. The van der Waals surface area contributed by atoms with Gasteiger partial charge in [-0.3, -0.25) is 0 Å². The van der Waals surface area contributed by atoms with Gasteiger partial charge in [0.25, 0.3) is 0 Å². The van der Waals surface area contributed by atoms with Gasteiger partial charge in [-0.15, -0.1) is 0 Å². The first kappa shape index (κ1) is 13.2. The standard InChI is InChI=1S/C5H9N3O3S.Na/c6-8-7-4-2-1-3-5(4)12(9,10)11;/h4-5H,1-3H2,(H,9,10,11);/q;+1/p-1/t4-,5-;/m0./s1. The van der Waals surface area contributed by atoms with Gasteiger partial charge in [-0.1, -0.05) is 11.5 Å². The van der Waals surface area contributed by atoms with E-state index in [4.69, 9.17) is 5.53 Å². The van der Waals surface area contributed by atoms with Crippen LogP contribution >= 0.6 is 0 Å². The Bertz CT molecular complexity index is 311. The van der Waals surface area contributed by atoms with Crippen LogP contribution in [0.3, 0.4) is 0 Å². The van der Waals surface area contributed by atoms with Crippen molar-refractivity contribution in [2.75, 3.05) is 0 Å². The summed E-state index contributed by atoms with van der Waals surface area (Å²) in [7, 11) is -4.29. The van der Waals surface area contributed by atoms with E-state index in [2.05, 4.69) is 10.0 Å². The Balaban J connectivity index is 0.00000144. The molecule has 0 aromatic rings. The smallest absolute Gasteiger partial charge is 0.748 e. The second kappa shape index (κ2) is 5.19. The Labute approximate surface area is 98.4 Å². The van der Waals surface area contributed by atoms with Gasteiger partial charge in [0.1, 0.15) is 0 Å². The fourth-order valence-electron chi connectivity index (χ4n) is 1.44. The Morgan fingerprint density at radius 1 is 1.46 bits per heavy atom. The number of nitrogens with zero attached hydrogens (tertiary/aromatic N) is 3. The summed E-state index contributed by atoms with van der Waals surface area (Å²) in [5, 5.41) is 2.27. The minimum Gasteiger partial charge on any atom is -0.748 e. The van der Waals surface area contributed by atoms with Crippen LogP contribution in [0.15, 0.2) is 5.11 Å². The first-order valence-electron chi connectivity index (χ1n) is 3.54. The van der Waals surface area contributed by atoms with Crippen molar-refractivity contribution in [1.29, 1.82) is 0 Å². The van der Waals surface area contributed by atoms with Crippen molar-refractivity contribution in [1.82, 2.24) is 0 Å². The zero-order valence-electron chi connectivity index (χ0n) is 7.25. The summed E-state index contributed by atoms with van der Waals surface area (Å²) in [5.74, 6) is 0. The molecule has 13 heavy (non-hydrogen) atoms. The normalized spacial score (nSPS) is 27.5. The van der Waals surface area contributed by atoms with Crippen LogP contribution in [0.5, 0.6) is 0 Å². The molecule has 1 saturated carbocycles. The van der Waals surface area contributed by atoms with Gasteiger partial charge in [0.2, 0.25) is 0 Å². The maximum absolute atomic E-state index is 10.6. The van der Waals surface area contributed by atoms with E-state index in [1.807, 2.05) is 0 Å². The molecule has 0 aromatic heterocycles. The van der Waals surface area contributed by atoms with E-state index in [9.17, 15) is 13.0 Å². The Morgan fingerprint density at radius 3 is 2.54 bits per heavy atom. The molecule has 0 aliphatic heterocycles. The molecule has 0 amide bonds. The van der Waals surface area contributed by atoms with Gasteiger partial charge >= 0.3 is 29.6 Å². The van der Waals surface area contributed by atoms with E-state index < -0.39 is 21.4 Å². The van der Waals surface area contributed by atoms with Crippen LogP contribution in [-0.4, -0.2) is 24.3 Å². The fourth-order valence-corrected chi connectivity index (χ4v) is 2.47. The van der Waals surface area contributed by atoms with Gasteiger partial charge in [0.15, 0.2) is 0 Å². The maximum Gasteiger partial charge on any atom is 1.00 e. The minimum atomic E-state index is -4.29.